The molecule has 0 atom stereocenters. The van der Waals surface area contributed by atoms with Gasteiger partial charge in [0.1, 0.15) is 18.2 Å². The van der Waals surface area contributed by atoms with Gasteiger partial charge in [0.15, 0.2) is 0 Å². The van der Waals surface area contributed by atoms with Gasteiger partial charge in [-0.05, 0) is 31.2 Å². The second kappa shape index (κ2) is 8.28. The lowest BCUT2D eigenvalue weighted by atomic mass is 10.3. The van der Waals surface area contributed by atoms with Crippen LogP contribution in [0.3, 0.4) is 0 Å². The van der Waals surface area contributed by atoms with Gasteiger partial charge in [0.2, 0.25) is 0 Å². The van der Waals surface area contributed by atoms with Gasteiger partial charge in [-0.25, -0.2) is 4.39 Å². The number of methoxy groups -OCH3 is 1. The fourth-order valence-electron chi connectivity index (χ4n) is 1.29. The number of benzene rings is 1. The van der Waals surface area contributed by atoms with Crippen molar-refractivity contribution in [3.63, 3.8) is 0 Å². The largest absolute Gasteiger partial charge is 0.491 e. The van der Waals surface area contributed by atoms with Crippen LogP contribution < -0.4 is 10.1 Å². The van der Waals surface area contributed by atoms with Gasteiger partial charge in [0.05, 0.1) is 5.02 Å². The van der Waals surface area contributed by atoms with E-state index in [0.717, 1.165) is 26.1 Å². The zero-order chi connectivity index (χ0) is 12.5. The highest BCUT2D eigenvalue weighted by molar-refractivity contribution is 6.32. The third-order valence-corrected chi connectivity index (χ3v) is 2.43. The smallest absolute Gasteiger partial charge is 0.138 e. The summed E-state index contributed by atoms with van der Waals surface area (Å²) >= 11 is 5.81. The molecule has 1 rings (SSSR count). The van der Waals surface area contributed by atoms with Crippen molar-refractivity contribution in [3.05, 3.63) is 29.0 Å². The van der Waals surface area contributed by atoms with Crippen molar-refractivity contribution in [2.45, 2.75) is 6.42 Å². The van der Waals surface area contributed by atoms with Crippen molar-refractivity contribution in [1.82, 2.24) is 5.32 Å². The fraction of sp³-hybridized carbons (Fsp3) is 0.500. The van der Waals surface area contributed by atoms with Gasteiger partial charge in [-0.3, -0.25) is 0 Å². The minimum absolute atomic E-state index is 0.296. The third kappa shape index (κ3) is 5.86. The Morgan fingerprint density at radius 1 is 1.29 bits per heavy atom. The Labute approximate surface area is 106 Å². The van der Waals surface area contributed by atoms with Crippen molar-refractivity contribution in [2.24, 2.45) is 0 Å². The molecule has 5 heteroatoms. The number of nitrogens with one attached hydrogen (secondary N) is 1. The van der Waals surface area contributed by atoms with Crippen LogP contribution in [0.1, 0.15) is 6.42 Å². The fourth-order valence-corrected chi connectivity index (χ4v) is 1.51. The first kappa shape index (κ1) is 14.2. The van der Waals surface area contributed by atoms with Crippen LogP contribution in [0.5, 0.6) is 5.75 Å². The summed E-state index contributed by atoms with van der Waals surface area (Å²) < 4.78 is 23.1. The van der Waals surface area contributed by atoms with E-state index in [0.29, 0.717) is 17.4 Å². The van der Waals surface area contributed by atoms with Gasteiger partial charge in [0.25, 0.3) is 0 Å². The molecule has 96 valence electrons. The van der Waals surface area contributed by atoms with E-state index < -0.39 is 0 Å². The first-order valence-electron chi connectivity index (χ1n) is 5.51. The monoisotopic (exact) mass is 261 g/mol. The predicted molar refractivity (Wildman–Crippen MR) is 66.3 cm³/mol. The van der Waals surface area contributed by atoms with E-state index in [2.05, 4.69) is 5.32 Å². The number of halogens is 2. The topological polar surface area (TPSA) is 30.5 Å². The normalized spacial score (nSPS) is 10.5. The molecule has 0 aliphatic carbocycles. The molecular formula is C12H17ClFNO2. The molecule has 0 fully saturated rings. The molecular weight excluding hydrogens is 245 g/mol. The maximum absolute atomic E-state index is 12.7. The molecule has 0 heterocycles. The van der Waals surface area contributed by atoms with Gasteiger partial charge in [-0.2, -0.15) is 0 Å². The van der Waals surface area contributed by atoms with Crippen molar-refractivity contribution >= 4 is 11.6 Å². The van der Waals surface area contributed by atoms with Crippen LogP contribution in [0, 0.1) is 5.82 Å². The maximum atomic E-state index is 12.7. The van der Waals surface area contributed by atoms with E-state index in [4.69, 9.17) is 21.1 Å². The van der Waals surface area contributed by atoms with E-state index in [1.165, 1.54) is 18.2 Å². The predicted octanol–water partition coefficient (Wildman–Crippen LogP) is 2.48. The standard InChI is InChI=1S/C12H17ClFNO2/c1-16-7-2-5-15-6-8-17-12-4-3-10(14)9-11(12)13/h3-4,9,15H,2,5-8H2,1H3. The molecule has 0 aliphatic heterocycles. The molecule has 3 nitrogen and oxygen atoms in total. The highest BCUT2D eigenvalue weighted by atomic mass is 35.5. The summed E-state index contributed by atoms with van der Waals surface area (Å²) in [6, 6.07) is 4.10. The van der Waals surface area contributed by atoms with Gasteiger partial charge < -0.3 is 14.8 Å². The Kier molecular flexibility index (Phi) is 6.93. The Balaban J connectivity index is 2.14. The van der Waals surface area contributed by atoms with Crippen molar-refractivity contribution in [3.8, 4) is 5.75 Å². The number of ether oxygens (including phenoxy) is 2. The molecule has 0 spiro atoms. The first-order valence-corrected chi connectivity index (χ1v) is 5.89. The molecule has 1 aromatic rings. The molecule has 1 aromatic carbocycles. The second-order valence-electron chi connectivity index (χ2n) is 3.52. The highest BCUT2D eigenvalue weighted by Crippen LogP contribution is 2.24. The summed E-state index contributed by atoms with van der Waals surface area (Å²) in [6.45, 7) is 2.85. The van der Waals surface area contributed by atoms with Crippen LogP contribution in [0.25, 0.3) is 0 Å². The Morgan fingerprint density at radius 2 is 2.12 bits per heavy atom. The molecule has 0 saturated carbocycles. The molecule has 0 amide bonds. The van der Waals surface area contributed by atoms with Gasteiger partial charge in [0, 0.05) is 20.3 Å². The summed E-state index contributed by atoms with van der Waals surface area (Å²) in [6.07, 6.45) is 0.966. The van der Waals surface area contributed by atoms with Gasteiger partial charge in [-0.15, -0.1) is 0 Å². The van der Waals surface area contributed by atoms with Crippen molar-refractivity contribution in [2.75, 3.05) is 33.4 Å². The van der Waals surface area contributed by atoms with Gasteiger partial charge in [-0.1, -0.05) is 11.6 Å². The zero-order valence-corrected chi connectivity index (χ0v) is 10.6. The second-order valence-corrected chi connectivity index (χ2v) is 3.93. The molecule has 0 radical (unpaired) electrons. The summed E-state index contributed by atoms with van der Waals surface area (Å²) in [5, 5.41) is 3.49. The summed E-state index contributed by atoms with van der Waals surface area (Å²) in [5.41, 5.74) is 0. The average Bonchev–Trinajstić information content (AvgIpc) is 2.30. The summed E-state index contributed by atoms with van der Waals surface area (Å²) in [4.78, 5) is 0. The molecule has 0 saturated heterocycles. The first-order chi connectivity index (χ1) is 8.24. The maximum Gasteiger partial charge on any atom is 0.138 e. The average molecular weight is 262 g/mol. The number of hydrogen-bond acceptors (Lipinski definition) is 3. The number of rotatable bonds is 8. The summed E-state index contributed by atoms with van der Waals surface area (Å²) in [7, 11) is 1.68. The molecule has 0 bridgehead atoms. The van der Waals surface area contributed by atoms with Crippen LogP contribution in [0.15, 0.2) is 18.2 Å². The van der Waals surface area contributed by atoms with Crippen molar-refractivity contribution < 1.29 is 13.9 Å². The van der Waals surface area contributed by atoms with Crippen LogP contribution in [-0.4, -0.2) is 33.4 Å². The quantitative estimate of drug-likeness (QED) is 0.730. The van der Waals surface area contributed by atoms with E-state index in [1.807, 2.05) is 0 Å². The minimum Gasteiger partial charge on any atom is -0.491 e. The van der Waals surface area contributed by atoms with E-state index in [9.17, 15) is 4.39 Å². The minimum atomic E-state index is -0.361. The lowest BCUT2D eigenvalue weighted by Gasteiger charge is -2.08. The molecule has 0 aliphatic rings. The SMILES string of the molecule is COCCCNCCOc1ccc(F)cc1Cl. The van der Waals surface area contributed by atoms with E-state index in [-0.39, 0.29) is 5.82 Å². The van der Waals surface area contributed by atoms with E-state index >= 15 is 0 Å². The molecule has 0 unspecified atom stereocenters. The van der Waals surface area contributed by atoms with Gasteiger partial charge >= 0.3 is 0 Å². The van der Waals surface area contributed by atoms with Crippen molar-refractivity contribution in [1.29, 1.82) is 0 Å². The molecule has 17 heavy (non-hydrogen) atoms. The van der Waals surface area contributed by atoms with Crippen LogP contribution in [0.4, 0.5) is 4.39 Å². The summed E-state index contributed by atoms with van der Waals surface area (Å²) in [5.74, 6) is 0.145. The van der Waals surface area contributed by atoms with E-state index in [1.54, 1.807) is 7.11 Å². The Bertz CT molecular complexity index is 336. The highest BCUT2D eigenvalue weighted by Gasteiger charge is 2.02. The lowest BCUT2D eigenvalue weighted by molar-refractivity contribution is 0.193. The lowest BCUT2D eigenvalue weighted by Crippen LogP contribution is -2.22. The zero-order valence-electron chi connectivity index (χ0n) is 9.84. The molecule has 0 aromatic heterocycles. The third-order valence-electron chi connectivity index (χ3n) is 2.13. The number of hydrogen-bond donors (Lipinski definition) is 1. The Hall–Kier alpha value is -0.840. The van der Waals surface area contributed by atoms with Crippen LogP contribution in [-0.2, 0) is 4.74 Å². The van der Waals surface area contributed by atoms with Crippen LogP contribution in [0.2, 0.25) is 5.02 Å². The Morgan fingerprint density at radius 3 is 2.82 bits per heavy atom. The molecule has 1 N–H and O–H groups in total. The van der Waals surface area contributed by atoms with Crippen LogP contribution >= 0.6 is 11.6 Å².